The van der Waals surface area contributed by atoms with E-state index in [-0.39, 0.29) is 11.6 Å². The van der Waals surface area contributed by atoms with Gasteiger partial charge in [0.25, 0.3) is 0 Å². The lowest BCUT2D eigenvalue weighted by atomic mass is 10.1. The molecule has 1 heterocycles. The standard InChI is InChI=1S/C13H20F3N3O/c1-9(2)3-5-20-6-4-18-12-8-10(13(14,15)16)7-11(17)19-12/h7-9H,3-6H2,1-2H3,(H3,17,18,19). The number of halogens is 3. The maximum atomic E-state index is 12.6. The van der Waals surface area contributed by atoms with Gasteiger partial charge in [0.1, 0.15) is 11.6 Å². The van der Waals surface area contributed by atoms with Crippen LogP contribution >= 0.6 is 0 Å². The van der Waals surface area contributed by atoms with Gasteiger partial charge in [0, 0.05) is 13.2 Å². The highest BCUT2D eigenvalue weighted by molar-refractivity contribution is 5.47. The van der Waals surface area contributed by atoms with Crippen LogP contribution in [0, 0.1) is 5.92 Å². The Morgan fingerprint density at radius 2 is 2.00 bits per heavy atom. The third-order valence-corrected chi connectivity index (χ3v) is 2.56. The Morgan fingerprint density at radius 3 is 2.60 bits per heavy atom. The Kier molecular flexibility index (Phi) is 6.06. The van der Waals surface area contributed by atoms with Crippen molar-refractivity contribution in [2.45, 2.75) is 26.4 Å². The SMILES string of the molecule is CC(C)CCOCCNc1cc(C(F)(F)F)cc(N)n1. The molecule has 0 aromatic carbocycles. The van der Waals surface area contributed by atoms with Crippen molar-refractivity contribution in [3.63, 3.8) is 0 Å². The van der Waals surface area contributed by atoms with Crippen LogP contribution < -0.4 is 11.1 Å². The molecule has 0 aliphatic carbocycles. The number of hydrogen-bond donors (Lipinski definition) is 2. The zero-order valence-electron chi connectivity index (χ0n) is 11.6. The molecule has 0 amide bonds. The number of pyridine rings is 1. The van der Waals surface area contributed by atoms with Gasteiger partial charge in [-0.1, -0.05) is 13.8 Å². The molecule has 0 bridgehead atoms. The molecule has 0 fully saturated rings. The van der Waals surface area contributed by atoms with Crippen LogP contribution in [0.25, 0.3) is 0 Å². The van der Waals surface area contributed by atoms with E-state index in [0.717, 1.165) is 18.6 Å². The molecule has 0 saturated heterocycles. The Balaban J connectivity index is 2.42. The predicted molar refractivity (Wildman–Crippen MR) is 72.4 cm³/mol. The van der Waals surface area contributed by atoms with E-state index in [4.69, 9.17) is 10.5 Å². The average molecular weight is 291 g/mol. The molecule has 0 spiro atoms. The molecule has 1 aromatic heterocycles. The molecular formula is C13H20F3N3O. The lowest BCUT2D eigenvalue weighted by Gasteiger charge is -2.11. The third-order valence-electron chi connectivity index (χ3n) is 2.56. The van der Waals surface area contributed by atoms with Gasteiger partial charge >= 0.3 is 6.18 Å². The van der Waals surface area contributed by atoms with Crippen molar-refractivity contribution >= 4 is 11.6 Å². The van der Waals surface area contributed by atoms with Gasteiger partial charge in [-0.25, -0.2) is 4.98 Å². The lowest BCUT2D eigenvalue weighted by molar-refractivity contribution is -0.137. The van der Waals surface area contributed by atoms with Gasteiger partial charge in [-0.2, -0.15) is 13.2 Å². The summed E-state index contributed by atoms with van der Waals surface area (Å²) in [6, 6.07) is 1.74. The molecule has 0 aliphatic heterocycles. The van der Waals surface area contributed by atoms with E-state index in [1.807, 2.05) is 0 Å². The van der Waals surface area contributed by atoms with E-state index < -0.39 is 11.7 Å². The van der Waals surface area contributed by atoms with E-state index in [0.29, 0.717) is 25.7 Å². The molecule has 0 saturated carbocycles. The smallest absolute Gasteiger partial charge is 0.384 e. The zero-order chi connectivity index (χ0) is 15.2. The first-order chi connectivity index (χ1) is 9.29. The number of ether oxygens (including phenoxy) is 1. The number of nitrogens with two attached hydrogens (primary N) is 1. The third kappa shape index (κ3) is 6.10. The summed E-state index contributed by atoms with van der Waals surface area (Å²) < 4.78 is 43.1. The number of alkyl halides is 3. The predicted octanol–water partition coefficient (Wildman–Crippen LogP) is 3.16. The summed E-state index contributed by atoms with van der Waals surface area (Å²) in [5, 5.41) is 2.77. The molecule has 3 N–H and O–H groups in total. The molecule has 1 rings (SSSR count). The number of hydrogen-bond acceptors (Lipinski definition) is 4. The van der Waals surface area contributed by atoms with Crippen molar-refractivity contribution in [1.82, 2.24) is 4.98 Å². The molecule has 0 atom stereocenters. The fourth-order valence-electron chi connectivity index (χ4n) is 1.48. The summed E-state index contributed by atoms with van der Waals surface area (Å²) in [5.74, 6) is 0.501. The first-order valence-electron chi connectivity index (χ1n) is 6.45. The van der Waals surface area contributed by atoms with E-state index in [1.165, 1.54) is 0 Å². The number of aromatic nitrogens is 1. The van der Waals surface area contributed by atoms with Crippen LogP contribution in [0.1, 0.15) is 25.8 Å². The Morgan fingerprint density at radius 1 is 1.30 bits per heavy atom. The fraction of sp³-hybridized carbons (Fsp3) is 0.615. The van der Waals surface area contributed by atoms with Crippen LogP contribution in [0.5, 0.6) is 0 Å². The van der Waals surface area contributed by atoms with Gasteiger partial charge in [-0.15, -0.1) is 0 Å². The first-order valence-corrected chi connectivity index (χ1v) is 6.45. The van der Waals surface area contributed by atoms with Gasteiger partial charge in [-0.05, 0) is 24.5 Å². The second kappa shape index (κ2) is 7.33. The maximum Gasteiger partial charge on any atom is 0.416 e. The number of nitrogens with one attached hydrogen (secondary N) is 1. The largest absolute Gasteiger partial charge is 0.416 e. The van der Waals surface area contributed by atoms with E-state index >= 15 is 0 Å². The minimum absolute atomic E-state index is 0.102. The maximum absolute atomic E-state index is 12.6. The van der Waals surface area contributed by atoms with Crippen molar-refractivity contribution in [2.24, 2.45) is 5.92 Å². The van der Waals surface area contributed by atoms with Crippen molar-refractivity contribution < 1.29 is 17.9 Å². The van der Waals surface area contributed by atoms with Gasteiger partial charge in [-0.3, -0.25) is 0 Å². The Bertz CT molecular complexity index is 422. The summed E-state index contributed by atoms with van der Waals surface area (Å²) in [4.78, 5) is 3.80. The molecule has 7 heteroatoms. The topological polar surface area (TPSA) is 60.2 Å². The number of nitrogens with zero attached hydrogens (tertiary/aromatic N) is 1. The van der Waals surface area contributed by atoms with Crippen LogP contribution in [0.3, 0.4) is 0 Å². The molecule has 114 valence electrons. The average Bonchev–Trinajstić information content (AvgIpc) is 2.31. The normalized spacial score (nSPS) is 11.9. The number of nitrogen functional groups attached to an aromatic ring is 1. The molecule has 0 radical (unpaired) electrons. The van der Waals surface area contributed by atoms with Crippen molar-refractivity contribution in [3.8, 4) is 0 Å². The zero-order valence-corrected chi connectivity index (χ0v) is 11.6. The van der Waals surface area contributed by atoms with E-state index in [1.54, 1.807) is 0 Å². The second-order valence-corrected chi connectivity index (χ2v) is 4.89. The molecule has 0 unspecified atom stereocenters. The molecular weight excluding hydrogens is 271 g/mol. The Labute approximate surface area is 116 Å². The lowest BCUT2D eigenvalue weighted by Crippen LogP contribution is -2.14. The monoisotopic (exact) mass is 291 g/mol. The fourth-order valence-corrected chi connectivity index (χ4v) is 1.48. The van der Waals surface area contributed by atoms with Crippen LogP contribution in [0.4, 0.5) is 24.8 Å². The van der Waals surface area contributed by atoms with Crippen LogP contribution in [0.15, 0.2) is 12.1 Å². The molecule has 0 aliphatic rings. The molecule has 4 nitrogen and oxygen atoms in total. The summed E-state index contributed by atoms with van der Waals surface area (Å²) >= 11 is 0. The second-order valence-electron chi connectivity index (χ2n) is 4.89. The van der Waals surface area contributed by atoms with Crippen molar-refractivity contribution in [3.05, 3.63) is 17.7 Å². The summed E-state index contributed by atoms with van der Waals surface area (Å²) in [6.07, 6.45) is -3.48. The van der Waals surface area contributed by atoms with Gasteiger partial charge in [0.2, 0.25) is 0 Å². The van der Waals surface area contributed by atoms with E-state index in [9.17, 15) is 13.2 Å². The molecule has 1 aromatic rings. The highest BCUT2D eigenvalue weighted by atomic mass is 19.4. The van der Waals surface area contributed by atoms with Gasteiger partial charge in [0.05, 0.1) is 12.2 Å². The van der Waals surface area contributed by atoms with Crippen LogP contribution in [-0.4, -0.2) is 24.7 Å². The minimum atomic E-state index is -4.43. The van der Waals surface area contributed by atoms with Gasteiger partial charge in [0.15, 0.2) is 0 Å². The summed E-state index contributed by atoms with van der Waals surface area (Å²) in [5.41, 5.74) is 4.55. The van der Waals surface area contributed by atoms with Crippen molar-refractivity contribution in [2.75, 3.05) is 30.8 Å². The van der Waals surface area contributed by atoms with Gasteiger partial charge < -0.3 is 15.8 Å². The highest BCUT2D eigenvalue weighted by Crippen LogP contribution is 2.31. The number of anilines is 2. The van der Waals surface area contributed by atoms with Crippen molar-refractivity contribution in [1.29, 1.82) is 0 Å². The summed E-state index contributed by atoms with van der Waals surface area (Å²) in [6.45, 7) is 5.61. The van der Waals surface area contributed by atoms with E-state index in [2.05, 4.69) is 24.1 Å². The quantitative estimate of drug-likeness (QED) is 0.758. The number of rotatable bonds is 7. The highest BCUT2D eigenvalue weighted by Gasteiger charge is 2.31. The van der Waals surface area contributed by atoms with Crippen LogP contribution in [0.2, 0.25) is 0 Å². The minimum Gasteiger partial charge on any atom is -0.384 e. The Hall–Kier alpha value is -1.50. The summed E-state index contributed by atoms with van der Waals surface area (Å²) in [7, 11) is 0. The molecule has 20 heavy (non-hydrogen) atoms. The van der Waals surface area contributed by atoms with Crippen LogP contribution in [-0.2, 0) is 10.9 Å². The first kappa shape index (κ1) is 16.6.